The Bertz CT molecular complexity index is 634. The van der Waals surface area contributed by atoms with Gasteiger partial charge in [-0.2, -0.15) is 0 Å². The van der Waals surface area contributed by atoms with Crippen LogP contribution in [-0.2, 0) is 5.41 Å². The molecule has 1 aliphatic carbocycles. The minimum absolute atomic E-state index is 0.173. The fourth-order valence-electron chi connectivity index (χ4n) is 2.64. The van der Waals surface area contributed by atoms with E-state index < -0.39 is 0 Å². The van der Waals surface area contributed by atoms with Crippen molar-refractivity contribution < 1.29 is 0 Å². The fraction of sp³-hybridized carbons (Fsp3) is 0.500. The van der Waals surface area contributed by atoms with E-state index in [1.807, 2.05) is 0 Å². The third kappa shape index (κ3) is 2.52. The van der Waals surface area contributed by atoms with Crippen LogP contribution < -0.4 is 5.32 Å². The van der Waals surface area contributed by atoms with Crippen LogP contribution in [0.3, 0.4) is 0 Å². The number of rotatable bonds is 3. The largest absolute Gasteiger partial charge is 0.385 e. The fourth-order valence-corrected chi connectivity index (χ4v) is 2.64. The lowest BCUT2D eigenvalue weighted by Crippen LogP contribution is -2.11. The molecule has 2 aromatic rings. The Balaban J connectivity index is 2.16. The number of hydrogen-bond donors (Lipinski definition) is 1. The van der Waals surface area contributed by atoms with E-state index in [-0.39, 0.29) is 5.41 Å². The molecule has 1 saturated carbocycles. The van der Waals surface area contributed by atoms with Crippen LogP contribution in [-0.4, -0.2) is 11.5 Å². The first-order valence-corrected chi connectivity index (χ1v) is 7.68. The second-order valence-corrected chi connectivity index (χ2v) is 6.88. The summed E-state index contributed by atoms with van der Waals surface area (Å²) in [5.41, 5.74) is 5.17. The van der Waals surface area contributed by atoms with Crippen molar-refractivity contribution >= 4 is 16.6 Å². The number of benzene rings is 1. The van der Waals surface area contributed by atoms with E-state index in [1.54, 1.807) is 0 Å². The van der Waals surface area contributed by atoms with Crippen molar-refractivity contribution in [3.8, 4) is 0 Å². The number of pyridine rings is 1. The Morgan fingerprint density at radius 3 is 2.55 bits per heavy atom. The second kappa shape index (κ2) is 4.76. The van der Waals surface area contributed by atoms with Crippen molar-refractivity contribution in [2.45, 2.75) is 51.9 Å². The molecule has 0 saturated heterocycles. The van der Waals surface area contributed by atoms with Crippen LogP contribution in [0.15, 0.2) is 24.3 Å². The molecule has 2 nitrogen and oxygen atoms in total. The molecule has 1 aliphatic rings. The molecule has 0 atom stereocenters. The Kier molecular flexibility index (Phi) is 3.19. The van der Waals surface area contributed by atoms with Crippen molar-refractivity contribution in [3.05, 3.63) is 35.5 Å². The highest BCUT2D eigenvalue weighted by molar-refractivity contribution is 5.92. The maximum atomic E-state index is 4.86. The number of fused-ring (bicyclic) bond motifs is 1. The number of nitrogens with one attached hydrogen (secondary N) is 1. The molecule has 1 fully saturated rings. The lowest BCUT2D eigenvalue weighted by atomic mass is 9.86. The van der Waals surface area contributed by atoms with Gasteiger partial charge in [-0.1, -0.05) is 26.8 Å². The molecule has 1 heterocycles. The molecule has 0 radical (unpaired) electrons. The van der Waals surface area contributed by atoms with Crippen LogP contribution in [0, 0.1) is 0 Å². The average molecular weight is 268 g/mol. The summed E-state index contributed by atoms with van der Waals surface area (Å²) < 4.78 is 0. The first-order valence-electron chi connectivity index (χ1n) is 7.68. The lowest BCUT2D eigenvalue weighted by Gasteiger charge is -2.20. The van der Waals surface area contributed by atoms with Gasteiger partial charge in [0.25, 0.3) is 0 Å². The topological polar surface area (TPSA) is 24.9 Å². The summed E-state index contributed by atoms with van der Waals surface area (Å²) in [5, 5.41) is 4.77. The predicted molar refractivity (Wildman–Crippen MR) is 86.6 cm³/mol. The van der Waals surface area contributed by atoms with Gasteiger partial charge in [0, 0.05) is 29.2 Å². The van der Waals surface area contributed by atoms with E-state index in [9.17, 15) is 0 Å². The molecule has 0 aliphatic heterocycles. The second-order valence-electron chi connectivity index (χ2n) is 6.88. The SMILES string of the molecule is CCNc1cc(C2CC2)nc2ccc(C(C)(C)C)cc12. The molecule has 3 rings (SSSR count). The van der Waals surface area contributed by atoms with Gasteiger partial charge in [0.05, 0.1) is 5.52 Å². The Morgan fingerprint density at radius 2 is 1.95 bits per heavy atom. The Morgan fingerprint density at radius 1 is 1.20 bits per heavy atom. The van der Waals surface area contributed by atoms with Gasteiger partial charge in [-0.25, -0.2) is 0 Å². The van der Waals surface area contributed by atoms with E-state index in [0.717, 1.165) is 12.1 Å². The summed E-state index contributed by atoms with van der Waals surface area (Å²) in [6, 6.07) is 8.97. The standard InChI is InChI=1S/C18H24N2/c1-5-19-17-11-16(12-6-7-12)20-15-9-8-13(10-14(15)17)18(2,3)4/h8-12H,5-7H2,1-4H3,(H,19,20). The highest BCUT2D eigenvalue weighted by atomic mass is 14.9. The zero-order valence-electron chi connectivity index (χ0n) is 13.0. The van der Waals surface area contributed by atoms with Crippen LogP contribution in [0.5, 0.6) is 0 Å². The van der Waals surface area contributed by atoms with Gasteiger partial charge in [0.2, 0.25) is 0 Å². The van der Waals surface area contributed by atoms with Gasteiger partial charge in [-0.3, -0.25) is 4.98 Å². The van der Waals surface area contributed by atoms with Gasteiger partial charge >= 0.3 is 0 Å². The van der Waals surface area contributed by atoms with Crippen LogP contribution in [0.25, 0.3) is 10.9 Å². The number of nitrogens with zero attached hydrogens (tertiary/aromatic N) is 1. The first kappa shape index (κ1) is 13.4. The lowest BCUT2D eigenvalue weighted by molar-refractivity contribution is 0.591. The molecular formula is C18H24N2. The zero-order valence-corrected chi connectivity index (χ0v) is 13.0. The maximum Gasteiger partial charge on any atom is 0.0726 e. The average Bonchev–Trinajstić information content (AvgIpc) is 3.21. The quantitative estimate of drug-likeness (QED) is 0.861. The predicted octanol–water partition coefficient (Wildman–Crippen LogP) is 4.84. The molecule has 0 amide bonds. The van der Waals surface area contributed by atoms with Crippen molar-refractivity contribution in [2.75, 3.05) is 11.9 Å². The Labute approximate surface area is 121 Å². The van der Waals surface area contributed by atoms with E-state index in [1.165, 1.54) is 35.2 Å². The van der Waals surface area contributed by atoms with Crippen LogP contribution in [0.4, 0.5) is 5.69 Å². The molecule has 20 heavy (non-hydrogen) atoms. The van der Waals surface area contributed by atoms with Crippen LogP contribution in [0.2, 0.25) is 0 Å². The summed E-state index contributed by atoms with van der Waals surface area (Å²) in [6.45, 7) is 9.87. The summed E-state index contributed by atoms with van der Waals surface area (Å²) in [4.78, 5) is 4.86. The van der Waals surface area contributed by atoms with Gasteiger partial charge in [0.1, 0.15) is 0 Å². The molecule has 1 N–H and O–H groups in total. The summed E-state index contributed by atoms with van der Waals surface area (Å²) in [7, 11) is 0. The maximum absolute atomic E-state index is 4.86. The van der Waals surface area contributed by atoms with E-state index >= 15 is 0 Å². The van der Waals surface area contributed by atoms with Crippen LogP contribution >= 0.6 is 0 Å². The highest BCUT2D eigenvalue weighted by Gasteiger charge is 2.26. The van der Waals surface area contributed by atoms with Gasteiger partial charge < -0.3 is 5.32 Å². The minimum Gasteiger partial charge on any atom is -0.385 e. The smallest absolute Gasteiger partial charge is 0.0726 e. The molecule has 1 aromatic heterocycles. The zero-order chi connectivity index (χ0) is 14.3. The number of hydrogen-bond acceptors (Lipinski definition) is 2. The van der Waals surface area contributed by atoms with E-state index in [4.69, 9.17) is 4.98 Å². The third-order valence-electron chi connectivity index (χ3n) is 4.06. The number of anilines is 1. The first-order chi connectivity index (χ1) is 9.49. The van der Waals surface area contributed by atoms with Crippen molar-refractivity contribution in [3.63, 3.8) is 0 Å². The highest BCUT2D eigenvalue weighted by Crippen LogP contribution is 2.41. The summed E-state index contributed by atoms with van der Waals surface area (Å²) >= 11 is 0. The van der Waals surface area contributed by atoms with Crippen LogP contribution in [0.1, 0.15) is 57.7 Å². The molecule has 0 spiro atoms. The number of aromatic nitrogens is 1. The molecule has 106 valence electrons. The summed E-state index contributed by atoms with van der Waals surface area (Å²) in [5.74, 6) is 0.694. The monoisotopic (exact) mass is 268 g/mol. The van der Waals surface area contributed by atoms with Crippen molar-refractivity contribution in [2.24, 2.45) is 0 Å². The molecule has 1 aromatic carbocycles. The van der Waals surface area contributed by atoms with Gasteiger partial charge in [-0.15, -0.1) is 0 Å². The molecule has 0 bridgehead atoms. The van der Waals surface area contributed by atoms with E-state index in [2.05, 4.69) is 57.3 Å². The summed E-state index contributed by atoms with van der Waals surface area (Å²) in [6.07, 6.45) is 2.59. The molecular weight excluding hydrogens is 244 g/mol. The van der Waals surface area contributed by atoms with Crippen molar-refractivity contribution in [1.29, 1.82) is 0 Å². The molecule has 0 unspecified atom stereocenters. The normalized spacial score (nSPS) is 15.6. The third-order valence-corrected chi connectivity index (χ3v) is 4.06. The minimum atomic E-state index is 0.173. The van der Waals surface area contributed by atoms with Crippen molar-refractivity contribution in [1.82, 2.24) is 4.98 Å². The molecule has 2 heteroatoms. The van der Waals surface area contributed by atoms with E-state index in [0.29, 0.717) is 5.92 Å². The Hall–Kier alpha value is -1.57. The van der Waals surface area contributed by atoms with Gasteiger partial charge in [-0.05, 0) is 48.9 Å². The van der Waals surface area contributed by atoms with Gasteiger partial charge in [0.15, 0.2) is 0 Å².